The zero-order valence-corrected chi connectivity index (χ0v) is 17.1. The molecule has 0 saturated carbocycles. The lowest BCUT2D eigenvalue weighted by atomic mass is 9.95. The third-order valence-electron chi connectivity index (χ3n) is 4.32. The lowest BCUT2D eigenvalue weighted by molar-refractivity contribution is -0.146. The first-order valence-electron chi connectivity index (χ1n) is 8.45. The fourth-order valence-corrected chi connectivity index (χ4v) is 4.49. The van der Waals surface area contributed by atoms with Gasteiger partial charge in [0.1, 0.15) is 0 Å². The molecular weight excluding hydrogens is 412 g/mol. The van der Waals surface area contributed by atoms with Gasteiger partial charge in [-0.1, -0.05) is 34.1 Å². The average molecular weight is 433 g/mol. The van der Waals surface area contributed by atoms with Crippen LogP contribution in [-0.2, 0) is 9.53 Å². The van der Waals surface area contributed by atoms with Crippen LogP contribution in [0.2, 0.25) is 0 Å². The van der Waals surface area contributed by atoms with E-state index >= 15 is 0 Å². The molecule has 1 heterocycles. The van der Waals surface area contributed by atoms with Gasteiger partial charge < -0.3 is 4.74 Å². The van der Waals surface area contributed by atoms with Crippen molar-refractivity contribution in [3.8, 4) is 0 Å². The standard InChI is InChI=1S/C20H21BrN2O2S/c1-3-25-20(24)13(2)17-12-26-18-10-9-14(21)11-16(18)19(17)23(22)15-7-5-4-6-8-15/h4-11,13H,3,12,22H2,1-2H3. The molecule has 1 atom stereocenters. The number of para-hydroxylation sites is 1. The first kappa shape index (κ1) is 19.0. The third kappa shape index (κ3) is 3.82. The maximum Gasteiger partial charge on any atom is 0.312 e. The first-order valence-corrected chi connectivity index (χ1v) is 10.2. The Morgan fingerprint density at radius 2 is 2.04 bits per heavy atom. The number of hydrogen-bond acceptors (Lipinski definition) is 5. The highest BCUT2D eigenvalue weighted by atomic mass is 79.9. The summed E-state index contributed by atoms with van der Waals surface area (Å²) in [6, 6.07) is 15.9. The molecule has 0 aliphatic carbocycles. The zero-order chi connectivity index (χ0) is 18.7. The quantitative estimate of drug-likeness (QED) is 0.415. The number of ether oxygens (including phenoxy) is 1. The zero-order valence-electron chi connectivity index (χ0n) is 14.7. The summed E-state index contributed by atoms with van der Waals surface area (Å²) in [5, 5.41) is 1.68. The molecule has 0 aromatic heterocycles. The molecule has 2 aromatic carbocycles. The van der Waals surface area contributed by atoms with Gasteiger partial charge in [0.2, 0.25) is 0 Å². The van der Waals surface area contributed by atoms with Gasteiger partial charge in [0.15, 0.2) is 0 Å². The van der Waals surface area contributed by atoms with Crippen LogP contribution < -0.4 is 10.9 Å². The van der Waals surface area contributed by atoms with Crippen LogP contribution in [0.5, 0.6) is 0 Å². The van der Waals surface area contributed by atoms with E-state index in [4.69, 9.17) is 10.6 Å². The monoisotopic (exact) mass is 432 g/mol. The third-order valence-corrected chi connectivity index (χ3v) is 5.94. The molecule has 3 rings (SSSR count). The van der Waals surface area contributed by atoms with Gasteiger partial charge in [-0.05, 0) is 49.8 Å². The van der Waals surface area contributed by atoms with Crippen LogP contribution in [0.1, 0.15) is 19.4 Å². The predicted molar refractivity (Wildman–Crippen MR) is 111 cm³/mol. The van der Waals surface area contributed by atoms with Crippen LogP contribution in [-0.4, -0.2) is 18.3 Å². The number of hydrogen-bond donors (Lipinski definition) is 1. The predicted octanol–water partition coefficient (Wildman–Crippen LogP) is 4.85. The number of esters is 1. The van der Waals surface area contributed by atoms with E-state index in [9.17, 15) is 4.79 Å². The summed E-state index contributed by atoms with van der Waals surface area (Å²) in [6.07, 6.45) is 0. The Balaban J connectivity index is 2.15. The van der Waals surface area contributed by atoms with E-state index in [0.717, 1.165) is 31.9 Å². The molecule has 0 fully saturated rings. The van der Waals surface area contributed by atoms with Gasteiger partial charge in [-0.2, -0.15) is 0 Å². The van der Waals surface area contributed by atoms with Gasteiger partial charge >= 0.3 is 5.97 Å². The smallest absolute Gasteiger partial charge is 0.312 e. The van der Waals surface area contributed by atoms with Crippen LogP contribution in [0.4, 0.5) is 5.69 Å². The van der Waals surface area contributed by atoms with Crippen molar-refractivity contribution < 1.29 is 9.53 Å². The normalized spacial score (nSPS) is 14.6. The van der Waals surface area contributed by atoms with Crippen molar-refractivity contribution in [1.82, 2.24) is 0 Å². The lowest BCUT2D eigenvalue weighted by Gasteiger charge is -2.32. The molecule has 136 valence electrons. The Morgan fingerprint density at radius 3 is 2.73 bits per heavy atom. The molecule has 4 nitrogen and oxygen atoms in total. The molecule has 2 N–H and O–H groups in total. The van der Waals surface area contributed by atoms with Gasteiger partial charge in [-0.25, -0.2) is 5.84 Å². The number of rotatable bonds is 5. The Bertz CT molecular complexity index is 839. The number of nitrogens with two attached hydrogens (primary N) is 1. The highest BCUT2D eigenvalue weighted by Gasteiger charge is 2.30. The Labute approximate surface area is 166 Å². The maximum absolute atomic E-state index is 12.4. The number of anilines is 1. The van der Waals surface area contributed by atoms with Crippen LogP contribution in [0.15, 0.2) is 63.5 Å². The maximum atomic E-state index is 12.4. The molecule has 0 spiro atoms. The van der Waals surface area contributed by atoms with Gasteiger partial charge in [0, 0.05) is 20.7 Å². The van der Waals surface area contributed by atoms with Crippen molar-refractivity contribution in [2.24, 2.45) is 11.8 Å². The molecule has 1 aliphatic rings. The fourth-order valence-electron chi connectivity index (χ4n) is 2.95. The number of fused-ring (bicyclic) bond motifs is 1. The second-order valence-corrected chi connectivity index (χ2v) is 7.92. The summed E-state index contributed by atoms with van der Waals surface area (Å²) < 4.78 is 6.22. The number of carbonyl (C=O) groups is 1. The molecule has 1 unspecified atom stereocenters. The highest BCUT2D eigenvalue weighted by Crippen LogP contribution is 2.42. The lowest BCUT2D eigenvalue weighted by Crippen LogP contribution is -2.34. The minimum absolute atomic E-state index is 0.222. The molecule has 1 aliphatic heterocycles. The summed E-state index contributed by atoms with van der Waals surface area (Å²) >= 11 is 5.27. The largest absolute Gasteiger partial charge is 0.466 e. The van der Waals surface area contributed by atoms with E-state index in [-0.39, 0.29) is 11.9 Å². The van der Waals surface area contributed by atoms with E-state index in [2.05, 4.69) is 28.1 Å². The molecule has 0 bridgehead atoms. The molecule has 0 radical (unpaired) electrons. The van der Waals surface area contributed by atoms with Crippen molar-refractivity contribution in [1.29, 1.82) is 0 Å². The Hall–Kier alpha value is -1.76. The summed E-state index contributed by atoms with van der Waals surface area (Å²) in [4.78, 5) is 13.5. The number of benzene rings is 2. The fraction of sp³-hybridized carbons (Fsp3) is 0.250. The van der Waals surface area contributed by atoms with Gasteiger partial charge in [0.05, 0.1) is 23.9 Å². The summed E-state index contributed by atoms with van der Waals surface area (Å²) in [5.41, 5.74) is 3.74. The van der Waals surface area contributed by atoms with E-state index in [1.54, 1.807) is 16.8 Å². The van der Waals surface area contributed by atoms with Crippen LogP contribution in [0, 0.1) is 5.92 Å². The van der Waals surface area contributed by atoms with Crippen LogP contribution >= 0.6 is 27.7 Å². The second-order valence-electron chi connectivity index (χ2n) is 5.98. The minimum Gasteiger partial charge on any atom is -0.466 e. The average Bonchev–Trinajstić information content (AvgIpc) is 2.66. The van der Waals surface area contributed by atoms with E-state index in [0.29, 0.717) is 12.4 Å². The summed E-state index contributed by atoms with van der Waals surface area (Å²) in [7, 11) is 0. The molecular formula is C20H21BrN2O2S. The van der Waals surface area contributed by atoms with Crippen molar-refractivity contribution in [2.75, 3.05) is 17.4 Å². The van der Waals surface area contributed by atoms with Crippen molar-refractivity contribution in [2.45, 2.75) is 18.7 Å². The highest BCUT2D eigenvalue weighted by molar-refractivity contribution is 9.10. The molecule has 26 heavy (non-hydrogen) atoms. The van der Waals surface area contributed by atoms with Crippen molar-refractivity contribution >= 4 is 45.0 Å². The number of carbonyl (C=O) groups excluding carboxylic acids is 1. The van der Waals surface area contributed by atoms with Gasteiger partial charge in [-0.15, -0.1) is 11.8 Å². The number of nitrogens with zero attached hydrogens (tertiary/aromatic N) is 1. The second kappa shape index (κ2) is 8.29. The molecule has 6 heteroatoms. The van der Waals surface area contributed by atoms with E-state index in [1.165, 1.54) is 0 Å². The number of hydrazine groups is 1. The topological polar surface area (TPSA) is 55.6 Å². The summed E-state index contributed by atoms with van der Waals surface area (Å²) in [6.45, 7) is 4.07. The molecule has 0 saturated heterocycles. The van der Waals surface area contributed by atoms with Gasteiger partial charge in [0.25, 0.3) is 0 Å². The van der Waals surface area contributed by atoms with Gasteiger partial charge in [-0.3, -0.25) is 9.80 Å². The molecule has 0 amide bonds. The van der Waals surface area contributed by atoms with Crippen molar-refractivity contribution in [3.05, 3.63) is 64.1 Å². The Morgan fingerprint density at radius 1 is 1.31 bits per heavy atom. The number of thioether (sulfide) groups is 1. The van der Waals surface area contributed by atoms with Crippen molar-refractivity contribution in [3.63, 3.8) is 0 Å². The van der Waals surface area contributed by atoms with Crippen LogP contribution in [0.3, 0.4) is 0 Å². The SMILES string of the molecule is CCOC(=O)C(C)C1=C(N(N)c2ccccc2)c2cc(Br)ccc2SC1. The first-order chi connectivity index (χ1) is 12.5. The Kier molecular flexibility index (Phi) is 6.06. The van der Waals surface area contributed by atoms with E-state index in [1.807, 2.05) is 50.2 Å². The number of halogens is 1. The van der Waals surface area contributed by atoms with E-state index < -0.39 is 0 Å². The molecule has 2 aromatic rings. The minimum atomic E-state index is -0.362. The van der Waals surface area contributed by atoms with Crippen LogP contribution in [0.25, 0.3) is 5.70 Å². The summed E-state index contributed by atoms with van der Waals surface area (Å²) in [5.74, 6) is 6.65.